The topological polar surface area (TPSA) is 52.0 Å². The number of aryl methyl sites for hydroxylation is 2. The number of benzene rings is 2. The van der Waals surface area contributed by atoms with Crippen LogP contribution in [0.15, 0.2) is 48.5 Å². The maximum absolute atomic E-state index is 14.4. The maximum Gasteiger partial charge on any atom is 0.165 e. The van der Waals surface area contributed by atoms with Gasteiger partial charge in [-0.05, 0) is 61.7 Å². The summed E-state index contributed by atoms with van der Waals surface area (Å²) in [7, 11) is 0. The lowest BCUT2D eigenvalue weighted by Crippen LogP contribution is -2.09. The van der Waals surface area contributed by atoms with Gasteiger partial charge in [0.05, 0.1) is 16.9 Å². The van der Waals surface area contributed by atoms with Crippen LogP contribution in [-0.4, -0.2) is 21.3 Å². The van der Waals surface area contributed by atoms with E-state index in [0.29, 0.717) is 29.8 Å². The molecule has 0 fully saturated rings. The molecule has 0 aliphatic rings. The smallest absolute Gasteiger partial charge is 0.165 e. The van der Waals surface area contributed by atoms with E-state index in [9.17, 15) is 14.0 Å². The monoisotopic (exact) mass is 440 g/mol. The molecule has 4 nitrogen and oxygen atoms in total. The van der Waals surface area contributed by atoms with Crippen LogP contribution < -0.4 is 0 Å². The molecule has 0 saturated heterocycles. The van der Waals surface area contributed by atoms with Gasteiger partial charge in [0.1, 0.15) is 11.6 Å². The Bertz CT molecular complexity index is 1090. The Kier molecular flexibility index (Phi) is 7.75. The fourth-order valence-electron chi connectivity index (χ4n) is 3.51. The van der Waals surface area contributed by atoms with Gasteiger partial charge in [-0.1, -0.05) is 37.1 Å². The zero-order valence-electron chi connectivity index (χ0n) is 17.8. The molecule has 0 unspecified atom stereocenters. The number of ketones is 2. The molecule has 6 heteroatoms. The highest BCUT2D eigenvalue weighted by Gasteiger charge is 2.14. The van der Waals surface area contributed by atoms with E-state index in [2.05, 4.69) is 5.10 Å². The molecule has 0 bridgehead atoms. The number of hydrogen-bond donors (Lipinski definition) is 0. The molecule has 0 saturated carbocycles. The summed E-state index contributed by atoms with van der Waals surface area (Å²) in [6.45, 7) is 3.89. The molecule has 0 radical (unpaired) electrons. The Morgan fingerprint density at radius 1 is 1.10 bits per heavy atom. The molecule has 0 N–H and O–H groups in total. The fraction of sp³-hybridized carbons (Fsp3) is 0.320. The Hall–Kier alpha value is -2.79. The van der Waals surface area contributed by atoms with Gasteiger partial charge in [-0.3, -0.25) is 9.59 Å². The molecule has 0 aliphatic carbocycles. The van der Waals surface area contributed by atoms with Crippen LogP contribution in [0.3, 0.4) is 0 Å². The maximum atomic E-state index is 14.4. The van der Waals surface area contributed by atoms with Crippen LogP contribution in [0.4, 0.5) is 4.39 Å². The van der Waals surface area contributed by atoms with E-state index < -0.39 is 5.82 Å². The first-order chi connectivity index (χ1) is 14.9. The summed E-state index contributed by atoms with van der Waals surface area (Å²) >= 11 is 6.09. The lowest BCUT2D eigenvalue weighted by molar-refractivity contribution is -0.118. The van der Waals surface area contributed by atoms with E-state index in [-0.39, 0.29) is 23.6 Å². The normalized spacial score (nSPS) is 11.0. The van der Waals surface area contributed by atoms with Gasteiger partial charge in [0, 0.05) is 30.0 Å². The van der Waals surface area contributed by atoms with Crippen LogP contribution in [0.1, 0.15) is 59.9 Å². The summed E-state index contributed by atoms with van der Waals surface area (Å²) in [6.07, 6.45) is 2.92. The van der Waals surface area contributed by atoms with Crippen molar-refractivity contribution >= 4 is 23.2 Å². The SMILES string of the molecule is CCCCC(=O)c1ccc(CC(=O)CCc2cc(C)nn2-c2cccc(Cl)c2)cc1F. The molecular weight excluding hydrogens is 415 g/mol. The Morgan fingerprint density at radius 3 is 2.61 bits per heavy atom. The van der Waals surface area contributed by atoms with Crippen molar-refractivity contribution in [3.63, 3.8) is 0 Å². The van der Waals surface area contributed by atoms with Crippen LogP contribution in [0.5, 0.6) is 0 Å². The Labute approximate surface area is 187 Å². The molecule has 0 aliphatic heterocycles. The third-order valence-electron chi connectivity index (χ3n) is 5.11. The molecule has 1 heterocycles. The highest BCUT2D eigenvalue weighted by atomic mass is 35.5. The van der Waals surface area contributed by atoms with Gasteiger partial charge in [-0.25, -0.2) is 9.07 Å². The second-order valence-electron chi connectivity index (χ2n) is 7.73. The first kappa shape index (κ1) is 22.9. The number of nitrogens with zero attached hydrogens (tertiary/aromatic N) is 2. The molecule has 31 heavy (non-hydrogen) atoms. The van der Waals surface area contributed by atoms with E-state index in [1.54, 1.807) is 16.8 Å². The zero-order valence-corrected chi connectivity index (χ0v) is 18.6. The quantitative estimate of drug-likeness (QED) is 0.358. The summed E-state index contributed by atoms with van der Waals surface area (Å²) in [4.78, 5) is 24.6. The van der Waals surface area contributed by atoms with Gasteiger partial charge < -0.3 is 0 Å². The number of aromatic nitrogens is 2. The molecule has 1 aromatic heterocycles. The predicted octanol–water partition coefficient (Wildman–Crippen LogP) is 6.09. The van der Waals surface area contributed by atoms with E-state index in [4.69, 9.17) is 11.6 Å². The molecular formula is C25H26ClFN2O2. The summed E-state index contributed by atoms with van der Waals surface area (Å²) < 4.78 is 16.1. The number of Topliss-reactive ketones (excluding diaryl/α,β-unsaturated/α-hetero) is 2. The summed E-state index contributed by atoms with van der Waals surface area (Å²) in [5, 5.41) is 5.13. The molecule has 3 rings (SSSR count). The molecule has 0 amide bonds. The second kappa shape index (κ2) is 10.5. The Morgan fingerprint density at radius 2 is 1.90 bits per heavy atom. The first-order valence-electron chi connectivity index (χ1n) is 10.5. The molecule has 0 spiro atoms. The van der Waals surface area contributed by atoms with Crippen LogP contribution in [-0.2, 0) is 17.6 Å². The number of carbonyl (C=O) groups excluding carboxylic acids is 2. The molecule has 162 valence electrons. The third kappa shape index (κ3) is 6.11. The van der Waals surface area contributed by atoms with Crippen LogP contribution in [0.25, 0.3) is 5.69 Å². The zero-order chi connectivity index (χ0) is 22.4. The van der Waals surface area contributed by atoms with Gasteiger partial charge in [0.25, 0.3) is 0 Å². The summed E-state index contributed by atoms with van der Waals surface area (Å²) in [6, 6.07) is 13.8. The lowest BCUT2D eigenvalue weighted by atomic mass is 10.00. The Balaban J connectivity index is 1.64. The van der Waals surface area contributed by atoms with E-state index in [1.165, 1.54) is 12.1 Å². The van der Waals surface area contributed by atoms with Gasteiger partial charge >= 0.3 is 0 Å². The van der Waals surface area contributed by atoms with Crippen molar-refractivity contribution in [3.05, 3.63) is 81.9 Å². The average Bonchev–Trinajstić information content (AvgIpc) is 3.11. The fourth-order valence-corrected chi connectivity index (χ4v) is 3.70. The van der Waals surface area contributed by atoms with Crippen molar-refractivity contribution in [2.45, 2.75) is 52.4 Å². The number of unbranched alkanes of at least 4 members (excludes halogenated alkanes) is 1. The van der Waals surface area contributed by atoms with Gasteiger partial charge in [-0.2, -0.15) is 5.10 Å². The molecule has 2 aromatic carbocycles. The van der Waals surface area contributed by atoms with E-state index in [1.807, 2.05) is 38.1 Å². The highest BCUT2D eigenvalue weighted by Crippen LogP contribution is 2.19. The molecule has 3 aromatic rings. The summed E-state index contributed by atoms with van der Waals surface area (Å²) in [5.41, 5.74) is 3.29. The van der Waals surface area contributed by atoms with Gasteiger partial charge in [0.15, 0.2) is 5.78 Å². The van der Waals surface area contributed by atoms with Crippen molar-refractivity contribution in [3.8, 4) is 5.69 Å². The third-order valence-corrected chi connectivity index (χ3v) is 5.35. The van der Waals surface area contributed by atoms with Crippen molar-refractivity contribution in [1.82, 2.24) is 9.78 Å². The van der Waals surface area contributed by atoms with Crippen LogP contribution in [0, 0.1) is 12.7 Å². The summed E-state index contributed by atoms with van der Waals surface area (Å²) in [5.74, 6) is -0.746. The minimum absolute atomic E-state index is 0.000886. The van der Waals surface area contributed by atoms with Crippen LogP contribution in [0.2, 0.25) is 5.02 Å². The van der Waals surface area contributed by atoms with E-state index in [0.717, 1.165) is 29.9 Å². The average molecular weight is 441 g/mol. The van der Waals surface area contributed by atoms with E-state index >= 15 is 0 Å². The largest absolute Gasteiger partial charge is 0.299 e. The highest BCUT2D eigenvalue weighted by molar-refractivity contribution is 6.30. The standard InChI is InChI=1S/C25H26ClFN2O2/c1-3-4-8-25(31)23-12-9-18(15-24(23)27)14-22(30)11-10-21-13-17(2)28-29(21)20-7-5-6-19(26)16-20/h5-7,9,12-13,15-16H,3-4,8,10-11,14H2,1-2H3. The van der Waals surface area contributed by atoms with Gasteiger partial charge in [0.2, 0.25) is 0 Å². The van der Waals surface area contributed by atoms with Gasteiger partial charge in [-0.15, -0.1) is 0 Å². The first-order valence-corrected chi connectivity index (χ1v) is 10.9. The van der Waals surface area contributed by atoms with Crippen molar-refractivity contribution in [2.75, 3.05) is 0 Å². The number of carbonyl (C=O) groups is 2. The van der Waals surface area contributed by atoms with Crippen molar-refractivity contribution < 1.29 is 14.0 Å². The lowest BCUT2D eigenvalue weighted by Gasteiger charge is -2.08. The number of rotatable bonds is 10. The number of halogens is 2. The number of hydrogen-bond acceptors (Lipinski definition) is 3. The van der Waals surface area contributed by atoms with Crippen molar-refractivity contribution in [1.29, 1.82) is 0 Å². The minimum atomic E-state index is -0.555. The van der Waals surface area contributed by atoms with Crippen molar-refractivity contribution in [2.24, 2.45) is 0 Å². The predicted molar refractivity (Wildman–Crippen MR) is 121 cm³/mol. The van der Waals surface area contributed by atoms with Crippen LogP contribution >= 0.6 is 11.6 Å². The molecule has 0 atom stereocenters. The minimum Gasteiger partial charge on any atom is -0.299 e. The second-order valence-corrected chi connectivity index (χ2v) is 8.16.